The van der Waals surface area contributed by atoms with Gasteiger partial charge >= 0.3 is 0 Å². The molecule has 12 aromatic rings. The van der Waals surface area contributed by atoms with E-state index < -0.39 is 0 Å². The minimum Gasteiger partial charge on any atom is -0.328 e. The first-order valence-corrected chi connectivity index (χ1v) is 30.5. The van der Waals surface area contributed by atoms with E-state index in [1.165, 1.54) is 90.8 Å². The van der Waals surface area contributed by atoms with Crippen LogP contribution in [0.15, 0.2) is 105 Å². The second kappa shape index (κ2) is 23.8. The predicted octanol–water partition coefficient (Wildman–Crippen LogP) is 12.1. The normalized spacial score (nSPS) is 15.1. The van der Waals surface area contributed by atoms with Gasteiger partial charge in [0, 0.05) is 93.0 Å². The Bertz CT molecular complexity index is 4220. The maximum atomic E-state index is 5.00. The zero-order valence-corrected chi connectivity index (χ0v) is 49.4. The van der Waals surface area contributed by atoms with Crippen molar-refractivity contribution < 1.29 is 0 Å². The molecule has 424 valence electrons. The summed E-state index contributed by atoms with van der Waals surface area (Å²) in [5, 5.41) is 29.5. The van der Waals surface area contributed by atoms with Gasteiger partial charge in [-0.1, -0.05) is 25.3 Å². The Morgan fingerprint density at radius 3 is 1.59 bits per heavy atom. The molecule has 3 aliphatic rings. The average Bonchev–Trinajstić information content (AvgIpc) is 4.56. The molecule has 2 fully saturated rings. The summed E-state index contributed by atoms with van der Waals surface area (Å²) >= 11 is 4.37. The van der Waals surface area contributed by atoms with Crippen LogP contribution in [0.3, 0.4) is 0 Å². The van der Waals surface area contributed by atoms with Gasteiger partial charge in [-0.25, -0.2) is 29.9 Å². The molecule has 13 heterocycles. The number of piperidine rings is 1. The summed E-state index contributed by atoms with van der Waals surface area (Å²) in [6, 6.07) is 6.22. The highest BCUT2D eigenvalue weighted by Crippen LogP contribution is 2.37. The maximum absolute atomic E-state index is 5.00. The largest absolute Gasteiger partial charge is 0.328 e. The van der Waals surface area contributed by atoms with Crippen molar-refractivity contribution in [2.75, 3.05) is 29.0 Å². The molecule has 0 bridgehead atoms. The topological polar surface area (TPSA) is 231 Å². The molecule has 0 unspecified atom stereocenters. The number of aryl methyl sites for hydroxylation is 5. The molecule has 25 heteroatoms. The van der Waals surface area contributed by atoms with E-state index in [2.05, 4.69) is 103 Å². The monoisotopic (exact) mass is 1160 g/mol. The van der Waals surface area contributed by atoms with Crippen LogP contribution in [0, 0.1) is 13.8 Å². The lowest BCUT2D eigenvalue weighted by atomic mass is 9.87. The predicted molar refractivity (Wildman–Crippen MR) is 328 cm³/mol. The summed E-state index contributed by atoms with van der Waals surface area (Å²) in [5.74, 6) is 3.33. The summed E-state index contributed by atoms with van der Waals surface area (Å²) < 4.78 is 25.1. The molecule has 1 saturated heterocycles. The molecule has 0 aromatic carbocycles. The van der Waals surface area contributed by atoms with Crippen molar-refractivity contribution in [1.29, 1.82) is 0 Å². The third kappa shape index (κ3) is 11.8. The third-order valence-corrected chi connectivity index (χ3v) is 17.7. The van der Waals surface area contributed by atoms with Crippen LogP contribution in [0.5, 0.6) is 0 Å². The van der Waals surface area contributed by atoms with Crippen molar-refractivity contribution >= 4 is 89.6 Å². The van der Waals surface area contributed by atoms with E-state index in [0.717, 1.165) is 145 Å². The minimum absolute atomic E-state index is 0.506. The fourth-order valence-corrected chi connectivity index (χ4v) is 13.2. The minimum atomic E-state index is 0.506. The van der Waals surface area contributed by atoms with Crippen LogP contribution in [0.2, 0.25) is 0 Å². The van der Waals surface area contributed by atoms with Gasteiger partial charge in [-0.3, -0.25) is 27.2 Å². The Balaban J connectivity index is 0.000000117. The highest BCUT2D eigenvalue weighted by molar-refractivity contribution is 7.10. The Labute approximate surface area is 491 Å². The molecule has 1 saturated carbocycles. The van der Waals surface area contributed by atoms with Crippen molar-refractivity contribution in [3.05, 3.63) is 133 Å². The summed E-state index contributed by atoms with van der Waals surface area (Å²) in [6.07, 6.45) is 40.7. The van der Waals surface area contributed by atoms with E-state index >= 15 is 0 Å². The van der Waals surface area contributed by atoms with Crippen molar-refractivity contribution in [3.63, 3.8) is 0 Å². The second-order valence-electron chi connectivity index (χ2n) is 21.5. The highest BCUT2D eigenvalue weighted by atomic mass is 32.1. The number of hydrogen-bond donors (Lipinski definition) is 4. The van der Waals surface area contributed by atoms with Gasteiger partial charge in [0.1, 0.15) is 15.0 Å². The molecule has 0 radical (unpaired) electrons. The molecule has 1 aliphatic heterocycles. The quantitative estimate of drug-likeness (QED) is 0.0891. The summed E-state index contributed by atoms with van der Waals surface area (Å²) in [5.41, 5.74) is 15.2. The van der Waals surface area contributed by atoms with Gasteiger partial charge in [-0.05, 0) is 137 Å². The molecular weight excluding hydrogens is 1100 g/mol. The lowest BCUT2D eigenvalue weighted by molar-refractivity contribution is 0.436. The number of nitrogens with zero attached hydrogens (tertiary/aromatic N) is 18. The Hall–Kier alpha value is -8.52. The van der Waals surface area contributed by atoms with Crippen LogP contribution in [0.25, 0.3) is 56.3 Å². The lowest BCUT2D eigenvalue weighted by Crippen LogP contribution is -2.26. The van der Waals surface area contributed by atoms with E-state index in [0.29, 0.717) is 11.8 Å². The van der Waals surface area contributed by atoms with Gasteiger partial charge in [0.2, 0.25) is 0 Å². The summed E-state index contributed by atoms with van der Waals surface area (Å²) in [6.45, 7) is 6.12. The van der Waals surface area contributed by atoms with Crippen LogP contribution in [0.1, 0.15) is 111 Å². The molecule has 4 N–H and O–H groups in total. The van der Waals surface area contributed by atoms with E-state index in [9.17, 15) is 0 Å². The van der Waals surface area contributed by atoms with Gasteiger partial charge in [-0.15, -0.1) is 0 Å². The van der Waals surface area contributed by atoms with Gasteiger partial charge in [0.25, 0.3) is 0 Å². The first-order chi connectivity index (χ1) is 40.6. The SMILES string of the molecule is Cc1cc(Nc2nc(C3=CCCCC3)cn3c(-c4cnn(C)c4)cnc23)sn1.Cc1cc(Nc2nc(C3CCCCC3)cn3c(-c4cnn(C)c4)cnc23)sn1.Cn1cc(-c2cnc3c(Nc4cc(C5CCNCC5)ns4)nccn23)cn1. The molecule has 0 spiro atoms. The second-order valence-corrected chi connectivity index (χ2v) is 23.9. The average molecular weight is 1170 g/mol. The Morgan fingerprint density at radius 1 is 0.506 bits per heavy atom. The first kappa shape index (κ1) is 53.8. The number of aromatic nitrogens is 18. The van der Waals surface area contributed by atoms with Crippen LogP contribution >= 0.6 is 34.6 Å². The fraction of sp³-hybridized carbons (Fsp3) is 0.345. The van der Waals surface area contributed by atoms with Crippen LogP contribution in [-0.2, 0) is 21.1 Å². The Kier molecular flexibility index (Phi) is 15.4. The molecule has 15 rings (SSSR count). The van der Waals surface area contributed by atoms with E-state index in [1.807, 2.05) is 118 Å². The lowest BCUT2D eigenvalue weighted by Gasteiger charge is -2.22. The van der Waals surface area contributed by atoms with E-state index in [1.54, 1.807) is 15.6 Å². The highest BCUT2D eigenvalue weighted by Gasteiger charge is 2.24. The number of rotatable bonds is 12. The number of allylic oxidation sites excluding steroid dienone is 2. The number of imidazole rings is 3. The van der Waals surface area contributed by atoms with Gasteiger partial charge in [0.05, 0.1) is 82.7 Å². The molecule has 0 amide bonds. The van der Waals surface area contributed by atoms with Gasteiger partial charge < -0.3 is 21.3 Å². The van der Waals surface area contributed by atoms with Crippen LogP contribution < -0.4 is 21.3 Å². The van der Waals surface area contributed by atoms with Crippen molar-refractivity contribution in [1.82, 2.24) is 90.9 Å². The maximum Gasteiger partial charge on any atom is 0.181 e. The van der Waals surface area contributed by atoms with Crippen LogP contribution in [-0.4, -0.2) is 98.7 Å². The molecule has 83 heavy (non-hydrogen) atoms. The summed E-state index contributed by atoms with van der Waals surface area (Å²) in [4.78, 5) is 28.3. The standard InChI is InChI=1S/C20H23N7S.C20H21N7S.C18H20N8S/c2*1-13-8-18(28-25-13)24-19-20-21-10-17(15-9-22-26(2)11-15)27(20)12-16(23-19)14-6-4-3-5-7-14;1-25-11-13(9-22-25)15-10-21-18-17(20-6-7-26(15)18)23-16-8-14(24-27-16)12-2-4-19-5-3-12/h8-12,14H,3-7H2,1-2H3,(H,23,24);6,8-12H,3-5,7H2,1-2H3,(H,23,24);6-12,19H,2-5H2,1H3,(H,20,23). The van der Waals surface area contributed by atoms with Crippen LogP contribution in [0.4, 0.5) is 32.5 Å². The first-order valence-electron chi connectivity index (χ1n) is 28.2. The van der Waals surface area contributed by atoms with Crippen molar-refractivity contribution in [2.45, 2.75) is 96.3 Å². The van der Waals surface area contributed by atoms with Crippen molar-refractivity contribution in [2.24, 2.45) is 21.1 Å². The molecule has 0 atom stereocenters. The zero-order chi connectivity index (χ0) is 56.4. The number of nitrogens with one attached hydrogen (secondary N) is 4. The molecular formula is C58H64N22S3. The van der Waals surface area contributed by atoms with Crippen molar-refractivity contribution in [3.8, 4) is 33.8 Å². The number of fused-ring (bicyclic) bond motifs is 3. The fourth-order valence-electron chi connectivity index (χ4n) is 11.1. The third-order valence-electron chi connectivity index (χ3n) is 15.3. The Morgan fingerprint density at radius 2 is 1.04 bits per heavy atom. The summed E-state index contributed by atoms with van der Waals surface area (Å²) in [7, 11) is 5.76. The number of hydrogen-bond acceptors (Lipinski definition) is 19. The number of anilines is 6. The smallest absolute Gasteiger partial charge is 0.181 e. The zero-order valence-electron chi connectivity index (χ0n) is 46.9. The van der Waals surface area contributed by atoms with Gasteiger partial charge in [0.15, 0.2) is 34.4 Å². The molecule has 12 aromatic heterocycles. The van der Waals surface area contributed by atoms with Gasteiger partial charge in [-0.2, -0.15) is 28.4 Å². The van der Waals surface area contributed by atoms with E-state index in [-0.39, 0.29) is 0 Å². The molecule has 2 aliphatic carbocycles. The van der Waals surface area contributed by atoms with E-state index in [4.69, 9.17) is 9.97 Å². The molecule has 22 nitrogen and oxygen atoms in total.